The predicted molar refractivity (Wildman–Crippen MR) is 108 cm³/mol. The summed E-state index contributed by atoms with van der Waals surface area (Å²) in [6, 6.07) is 14.7. The first-order chi connectivity index (χ1) is 12.4. The van der Waals surface area contributed by atoms with Gasteiger partial charge in [0.1, 0.15) is 0 Å². The van der Waals surface area contributed by atoms with E-state index in [9.17, 15) is 8.42 Å². The van der Waals surface area contributed by atoms with Crippen molar-refractivity contribution in [2.75, 3.05) is 6.54 Å². The summed E-state index contributed by atoms with van der Waals surface area (Å²) < 4.78 is 28.0. The molecule has 1 heterocycles. The predicted octanol–water partition coefficient (Wildman–Crippen LogP) is 5.30. The first kappa shape index (κ1) is 19.2. The second kappa shape index (κ2) is 7.95. The van der Waals surface area contributed by atoms with Gasteiger partial charge in [0, 0.05) is 17.6 Å². The lowest BCUT2D eigenvalue weighted by molar-refractivity contribution is 0.357. The molecule has 1 aliphatic heterocycles. The summed E-state index contributed by atoms with van der Waals surface area (Å²) in [7, 11) is -3.51. The van der Waals surface area contributed by atoms with Gasteiger partial charge in [-0.05, 0) is 61.6 Å². The van der Waals surface area contributed by atoms with Crippen molar-refractivity contribution in [2.24, 2.45) is 0 Å². The van der Waals surface area contributed by atoms with Gasteiger partial charge in [0.15, 0.2) is 0 Å². The van der Waals surface area contributed by atoms with Crippen molar-refractivity contribution in [2.45, 2.75) is 44.0 Å². The van der Waals surface area contributed by atoms with Gasteiger partial charge in [0.25, 0.3) is 0 Å². The van der Waals surface area contributed by atoms with E-state index >= 15 is 0 Å². The van der Waals surface area contributed by atoms with Crippen LogP contribution in [-0.2, 0) is 10.0 Å². The van der Waals surface area contributed by atoms with Gasteiger partial charge in [-0.2, -0.15) is 4.31 Å². The van der Waals surface area contributed by atoms with E-state index in [-0.39, 0.29) is 6.04 Å². The second-order valence-corrected chi connectivity index (χ2v) is 9.03. The number of rotatable bonds is 4. The van der Waals surface area contributed by atoms with E-state index in [1.54, 1.807) is 16.4 Å². The third-order valence-corrected chi connectivity index (χ3v) is 7.04. The van der Waals surface area contributed by atoms with Gasteiger partial charge in [-0.15, -0.1) is 0 Å². The number of sulfonamides is 1. The smallest absolute Gasteiger partial charge is 0.207 e. The summed E-state index contributed by atoms with van der Waals surface area (Å²) in [5.41, 5.74) is 3.36. The number of hydrogen-bond donors (Lipinski definition) is 0. The molecule has 0 N–H and O–H groups in total. The maximum absolute atomic E-state index is 13.2. The lowest BCUT2D eigenvalue weighted by Gasteiger charge is -2.27. The van der Waals surface area contributed by atoms with E-state index in [1.807, 2.05) is 50.2 Å². The van der Waals surface area contributed by atoms with Crippen molar-refractivity contribution >= 4 is 27.2 Å². The highest BCUT2D eigenvalue weighted by Gasteiger charge is 2.31. The third kappa shape index (κ3) is 4.03. The molecule has 0 radical (unpaired) electrons. The van der Waals surface area contributed by atoms with Crippen LogP contribution in [0, 0.1) is 6.92 Å². The fraction of sp³-hybridized carbons (Fsp3) is 0.333. The fourth-order valence-corrected chi connectivity index (χ4v) is 5.17. The minimum absolute atomic E-state index is 0.144. The quantitative estimate of drug-likeness (QED) is 0.711. The van der Waals surface area contributed by atoms with Gasteiger partial charge in [-0.1, -0.05) is 54.4 Å². The molecule has 1 unspecified atom stereocenters. The number of allylic oxidation sites excluding steroid dienone is 1. The molecular weight excluding hydrogens is 366 g/mol. The van der Waals surface area contributed by atoms with Crippen LogP contribution in [0.4, 0.5) is 0 Å². The maximum atomic E-state index is 13.2. The van der Waals surface area contributed by atoms with Crippen molar-refractivity contribution in [1.29, 1.82) is 0 Å². The SMILES string of the molecule is CCC1C=C(c2ccc(Cl)cc2)CCCN1S(=O)(=O)c1ccc(C)cc1. The van der Waals surface area contributed by atoms with Crippen LogP contribution < -0.4 is 0 Å². The Morgan fingerprint density at radius 1 is 1.08 bits per heavy atom. The summed E-state index contributed by atoms with van der Waals surface area (Å²) in [4.78, 5) is 0.366. The molecular formula is C21H24ClNO2S. The number of aryl methyl sites for hydroxylation is 1. The maximum Gasteiger partial charge on any atom is 0.243 e. The Kier molecular flexibility index (Phi) is 5.86. The minimum atomic E-state index is -3.51. The van der Waals surface area contributed by atoms with Crippen molar-refractivity contribution < 1.29 is 8.42 Å². The Balaban J connectivity index is 1.95. The van der Waals surface area contributed by atoms with E-state index in [2.05, 4.69) is 6.08 Å². The standard InChI is InChI=1S/C21H24ClNO2S/c1-3-20-15-18(17-8-10-19(22)11-9-17)5-4-14-23(20)26(24,25)21-12-6-16(2)7-13-21/h6-13,15,20H,3-5,14H2,1-2H3. The van der Waals surface area contributed by atoms with Crippen LogP contribution >= 0.6 is 11.6 Å². The third-order valence-electron chi connectivity index (χ3n) is 4.85. The summed E-state index contributed by atoms with van der Waals surface area (Å²) >= 11 is 5.99. The van der Waals surface area contributed by atoms with Gasteiger partial charge >= 0.3 is 0 Å². The molecule has 0 fully saturated rings. The lowest BCUT2D eigenvalue weighted by Crippen LogP contribution is -2.39. The van der Waals surface area contributed by atoms with Crippen molar-refractivity contribution in [1.82, 2.24) is 4.31 Å². The Labute approximate surface area is 161 Å². The van der Waals surface area contributed by atoms with Gasteiger partial charge in [0.05, 0.1) is 4.90 Å². The van der Waals surface area contributed by atoms with Gasteiger partial charge < -0.3 is 0 Å². The number of nitrogens with zero attached hydrogens (tertiary/aromatic N) is 1. The molecule has 138 valence electrons. The van der Waals surface area contributed by atoms with Crippen molar-refractivity contribution in [3.8, 4) is 0 Å². The highest BCUT2D eigenvalue weighted by atomic mass is 35.5. The van der Waals surface area contributed by atoms with E-state index < -0.39 is 10.0 Å². The van der Waals surface area contributed by atoms with Crippen molar-refractivity contribution in [3.05, 3.63) is 70.8 Å². The van der Waals surface area contributed by atoms with Gasteiger partial charge in [0.2, 0.25) is 10.0 Å². The van der Waals surface area contributed by atoms with Gasteiger partial charge in [-0.3, -0.25) is 0 Å². The molecule has 1 atom stereocenters. The highest BCUT2D eigenvalue weighted by molar-refractivity contribution is 7.89. The van der Waals surface area contributed by atoms with E-state index in [4.69, 9.17) is 11.6 Å². The summed E-state index contributed by atoms with van der Waals surface area (Å²) in [6.45, 7) is 4.52. The molecule has 3 nitrogen and oxygen atoms in total. The Hall–Kier alpha value is -1.62. The molecule has 0 aromatic heterocycles. The monoisotopic (exact) mass is 389 g/mol. The van der Waals surface area contributed by atoms with E-state index in [1.165, 1.54) is 5.57 Å². The van der Waals surface area contributed by atoms with Crippen LogP contribution in [0.5, 0.6) is 0 Å². The molecule has 0 amide bonds. The Morgan fingerprint density at radius 2 is 1.73 bits per heavy atom. The van der Waals surface area contributed by atoms with E-state index in [0.717, 1.165) is 30.4 Å². The van der Waals surface area contributed by atoms with E-state index in [0.29, 0.717) is 16.5 Å². The molecule has 5 heteroatoms. The Bertz CT molecular complexity index is 887. The minimum Gasteiger partial charge on any atom is -0.207 e. The zero-order valence-corrected chi connectivity index (χ0v) is 16.7. The molecule has 1 aliphatic rings. The average Bonchev–Trinajstić information content (AvgIpc) is 2.86. The molecule has 0 saturated heterocycles. The van der Waals surface area contributed by atoms with Crippen LogP contribution in [0.2, 0.25) is 5.02 Å². The molecule has 26 heavy (non-hydrogen) atoms. The summed E-state index contributed by atoms with van der Waals surface area (Å²) in [6.07, 6.45) is 4.51. The topological polar surface area (TPSA) is 37.4 Å². The molecule has 0 saturated carbocycles. The van der Waals surface area contributed by atoms with Crippen LogP contribution in [0.1, 0.15) is 37.3 Å². The summed E-state index contributed by atoms with van der Waals surface area (Å²) in [5.74, 6) is 0. The second-order valence-electron chi connectivity index (χ2n) is 6.71. The van der Waals surface area contributed by atoms with Crippen LogP contribution in [0.15, 0.2) is 59.5 Å². The fourth-order valence-electron chi connectivity index (χ4n) is 3.36. The van der Waals surface area contributed by atoms with Crippen LogP contribution in [0.25, 0.3) is 5.57 Å². The van der Waals surface area contributed by atoms with Crippen molar-refractivity contribution in [3.63, 3.8) is 0 Å². The molecule has 0 bridgehead atoms. The number of benzene rings is 2. The first-order valence-corrected chi connectivity index (χ1v) is 10.8. The zero-order valence-electron chi connectivity index (χ0n) is 15.2. The number of halogens is 1. The van der Waals surface area contributed by atoms with Crippen LogP contribution in [-0.4, -0.2) is 25.3 Å². The highest BCUT2D eigenvalue weighted by Crippen LogP contribution is 2.30. The molecule has 0 spiro atoms. The first-order valence-electron chi connectivity index (χ1n) is 8.97. The number of hydrogen-bond acceptors (Lipinski definition) is 2. The van der Waals surface area contributed by atoms with Gasteiger partial charge in [-0.25, -0.2) is 8.42 Å². The lowest BCUT2D eigenvalue weighted by atomic mass is 10.00. The largest absolute Gasteiger partial charge is 0.243 e. The van der Waals surface area contributed by atoms with Crippen LogP contribution in [0.3, 0.4) is 0 Å². The molecule has 2 aromatic carbocycles. The molecule has 2 aromatic rings. The normalized spacial score (nSPS) is 19.0. The average molecular weight is 390 g/mol. The summed E-state index contributed by atoms with van der Waals surface area (Å²) in [5, 5.41) is 0.707. The Morgan fingerprint density at radius 3 is 2.35 bits per heavy atom. The molecule has 0 aliphatic carbocycles. The molecule has 3 rings (SSSR count). The zero-order chi connectivity index (χ0) is 18.7.